The molecule has 0 bridgehead atoms. The van der Waals surface area contributed by atoms with E-state index in [-0.39, 0.29) is 11.7 Å². The van der Waals surface area contributed by atoms with E-state index in [1.165, 1.54) is 37.5 Å². The van der Waals surface area contributed by atoms with Gasteiger partial charge >= 0.3 is 0 Å². The number of nitrogens with one attached hydrogen (secondary N) is 2. The van der Waals surface area contributed by atoms with Crippen molar-refractivity contribution in [2.24, 2.45) is 5.92 Å². The first-order chi connectivity index (χ1) is 9.75. The van der Waals surface area contributed by atoms with Gasteiger partial charge in [0.1, 0.15) is 17.3 Å². The number of hydrogen-bond acceptors (Lipinski definition) is 2. The van der Waals surface area contributed by atoms with Gasteiger partial charge in [-0.15, -0.1) is 0 Å². The molecular formula is C16H22F2N2. The van der Waals surface area contributed by atoms with Gasteiger partial charge in [0.05, 0.1) is 0 Å². The van der Waals surface area contributed by atoms with E-state index in [9.17, 15) is 8.78 Å². The van der Waals surface area contributed by atoms with Crippen LogP contribution in [0.1, 0.15) is 38.5 Å². The van der Waals surface area contributed by atoms with Crippen LogP contribution in [0, 0.1) is 17.6 Å². The molecule has 3 rings (SSSR count). The highest BCUT2D eigenvalue weighted by molar-refractivity contribution is 5.47. The summed E-state index contributed by atoms with van der Waals surface area (Å²) in [5.74, 6) is -0.507. The predicted molar refractivity (Wildman–Crippen MR) is 76.8 cm³/mol. The van der Waals surface area contributed by atoms with Crippen LogP contribution in [0.25, 0.3) is 0 Å². The van der Waals surface area contributed by atoms with E-state index in [0.717, 1.165) is 25.8 Å². The van der Waals surface area contributed by atoms with Crippen molar-refractivity contribution in [3.63, 3.8) is 0 Å². The molecule has 2 aliphatic rings. The van der Waals surface area contributed by atoms with Gasteiger partial charge in [0.15, 0.2) is 0 Å². The SMILES string of the molecule is Fc1cccc(F)c1NC1CCCCC1C1CCCN1. The molecule has 0 amide bonds. The highest BCUT2D eigenvalue weighted by atomic mass is 19.1. The van der Waals surface area contributed by atoms with Crippen molar-refractivity contribution in [3.05, 3.63) is 29.8 Å². The standard InChI is InChI=1S/C16H22F2N2/c17-12-6-3-7-13(18)16(12)20-15-8-2-1-5-11(15)14-9-4-10-19-14/h3,6-7,11,14-15,19-20H,1-2,4-5,8-10H2. The van der Waals surface area contributed by atoms with Crippen molar-refractivity contribution >= 4 is 5.69 Å². The second-order valence-electron chi connectivity index (χ2n) is 6.00. The Hall–Kier alpha value is -1.16. The molecule has 2 fully saturated rings. The van der Waals surface area contributed by atoms with Crippen molar-refractivity contribution in [1.29, 1.82) is 0 Å². The molecular weight excluding hydrogens is 258 g/mol. The minimum Gasteiger partial charge on any atom is -0.377 e. The summed E-state index contributed by atoms with van der Waals surface area (Å²) in [7, 11) is 0. The Balaban J connectivity index is 1.76. The number of rotatable bonds is 3. The van der Waals surface area contributed by atoms with Gasteiger partial charge < -0.3 is 10.6 Å². The van der Waals surface area contributed by atoms with Gasteiger partial charge in [-0.05, 0) is 50.3 Å². The molecule has 1 aromatic rings. The molecule has 1 aliphatic carbocycles. The van der Waals surface area contributed by atoms with Crippen molar-refractivity contribution in [3.8, 4) is 0 Å². The van der Waals surface area contributed by atoms with Crippen LogP contribution in [-0.4, -0.2) is 18.6 Å². The third-order valence-corrected chi connectivity index (χ3v) is 4.73. The Morgan fingerprint density at radius 2 is 1.75 bits per heavy atom. The molecule has 0 spiro atoms. The minimum absolute atomic E-state index is 0.0439. The van der Waals surface area contributed by atoms with Crippen LogP contribution in [0.15, 0.2) is 18.2 Å². The molecule has 3 unspecified atom stereocenters. The lowest BCUT2D eigenvalue weighted by atomic mass is 9.79. The van der Waals surface area contributed by atoms with Crippen LogP contribution in [-0.2, 0) is 0 Å². The first-order valence-electron chi connectivity index (χ1n) is 7.69. The summed E-state index contributed by atoms with van der Waals surface area (Å²) < 4.78 is 27.6. The Bertz CT molecular complexity index is 438. The van der Waals surface area contributed by atoms with Crippen LogP contribution < -0.4 is 10.6 Å². The average molecular weight is 280 g/mol. The van der Waals surface area contributed by atoms with Crippen LogP contribution in [0.5, 0.6) is 0 Å². The van der Waals surface area contributed by atoms with Gasteiger partial charge in [-0.2, -0.15) is 0 Å². The minimum atomic E-state index is -0.492. The molecule has 20 heavy (non-hydrogen) atoms. The van der Waals surface area contributed by atoms with Crippen LogP contribution in [0.2, 0.25) is 0 Å². The molecule has 1 heterocycles. The molecule has 1 aliphatic heterocycles. The summed E-state index contributed by atoms with van der Waals surface area (Å²) in [5.41, 5.74) is 0.0439. The van der Waals surface area contributed by atoms with E-state index in [1.54, 1.807) is 0 Å². The van der Waals surface area contributed by atoms with Crippen molar-refractivity contribution in [1.82, 2.24) is 5.32 Å². The second kappa shape index (κ2) is 6.08. The summed E-state index contributed by atoms with van der Waals surface area (Å²) in [4.78, 5) is 0. The normalized spacial score (nSPS) is 30.4. The Morgan fingerprint density at radius 3 is 2.45 bits per heavy atom. The van der Waals surface area contributed by atoms with Crippen LogP contribution in [0.4, 0.5) is 14.5 Å². The molecule has 110 valence electrons. The summed E-state index contributed by atoms with van der Waals surface area (Å²) in [6.45, 7) is 1.07. The van der Waals surface area contributed by atoms with Gasteiger partial charge in [0, 0.05) is 12.1 Å². The van der Waals surface area contributed by atoms with E-state index in [2.05, 4.69) is 10.6 Å². The zero-order valence-electron chi connectivity index (χ0n) is 11.7. The number of hydrogen-bond donors (Lipinski definition) is 2. The maximum Gasteiger partial charge on any atom is 0.149 e. The van der Waals surface area contributed by atoms with E-state index in [1.807, 2.05) is 0 Å². The van der Waals surface area contributed by atoms with E-state index in [4.69, 9.17) is 0 Å². The Labute approximate surface area is 118 Å². The molecule has 1 aromatic carbocycles. The second-order valence-corrected chi connectivity index (χ2v) is 6.00. The number of halogens is 2. The fraction of sp³-hybridized carbons (Fsp3) is 0.625. The summed E-state index contributed by atoms with van der Waals surface area (Å²) in [5, 5.41) is 6.70. The Kier molecular flexibility index (Phi) is 4.20. The first-order valence-corrected chi connectivity index (χ1v) is 7.69. The first kappa shape index (κ1) is 13.8. The van der Waals surface area contributed by atoms with Gasteiger partial charge in [0.25, 0.3) is 0 Å². The molecule has 1 saturated heterocycles. The monoisotopic (exact) mass is 280 g/mol. The summed E-state index contributed by atoms with van der Waals surface area (Å²) >= 11 is 0. The van der Waals surface area contributed by atoms with Crippen LogP contribution >= 0.6 is 0 Å². The lowest BCUT2D eigenvalue weighted by Gasteiger charge is -2.37. The molecule has 2 nitrogen and oxygen atoms in total. The molecule has 2 N–H and O–H groups in total. The maximum absolute atomic E-state index is 13.8. The smallest absolute Gasteiger partial charge is 0.149 e. The number of benzene rings is 1. The van der Waals surface area contributed by atoms with Crippen molar-refractivity contribution in [2.75, 3.05) is 11.9 Å². The summed E-state index contributed by atoms with van der Waals surface area (Å²) in [6, 6.07) is 4.72. The molecule has 1 saturated carbocycles. The third-order valence-electron chi connectivity index (χ3n) is 4.73. The zero-order chi connectivity index (χ0) is 13.9. The molecule has 4 heteroatoms. The average Bonchev–Trinajstić information content (AvgIpc) is 2.97. The van der Waals surface area contributed by atoms with E-state index >= 15 is 0 Å². The van der Waals surface area contributed by atoms with Crippen molar-refractivity contribution in [2.45, 2.75) is 50.6 Å². The molecule has 0 aromatic heterocycles. The van der Waals surface area contributed by atoms with Gasteiger partial charge in [0.2, 0.25) is 0 Å². The predicted octanol–water partition coefficient (Wildman–Crippen LogP) is 3.69. The number of anilines is 1. The van der Waals surface area contributed by atoms with E-state index in [0.29, 0.717) is 12.0 Å². The third kappa shape index (κ3) is 2.80. The lowest BCUT2D eigenvalue weighted by molar-refractivity contribution is 0.262. The van der Waals surface area contributed by atoms with Gasteiger partial charge in [-0.25, -0.2) is 8.78 Å². The number of para-hydroxylation sites is 1. The Morgan fingerprint density at radius 1 is 1.00 bits per heavy atom. The highest BCUT2D eigenvalue weighted by Gasteiger charge is 2.33. The van der Waals surface area contributed by atoms with Crippen molar-refractivity contribution < 1.29 is 8.78 Å². The fourth-order valence-electron chi connectivity index (χ4n) is 3.72. The molecule has 3 atom stereocenters. The van der Waals surface area contributed by atoms with Gasteiger partial charge in [-0.3, -0.25) is 0 Å². The van der Waals surface area contributed by atoms with Crippen LogP contribution in [0.3, 0.4) is 0 Å². The maximum atomic E-state index is 13.8. The lowest BCUT2D eigenvalue weighted by Crippen LogP contribution is -2.43. The zero-order valence-corrected chi connectivity index (χ0v) is 11.7. The topological polar surface area (TPSA) is 24.1 Å². The highest BCUT2D eigenvalue weighted by Crippen LogP contribution is 2.33. The van der Waals surface area contributed by atoms with E-state index < -0.39 is 11.6 Å². The largest absolute Gasteiger partial charge is 0.377 e. The van der Waals surface area contributed by atoms with Gasteiger partial charge in [-0.1, -0.05) is 18.9 Å². The fourth-order valence-corrected chi connectivity index (χ4v) is 3.72. The quantitative estimate of drug-likeness (QED) is 0.882. The molecule has 0 radical (unpaired) electrons. The summed E-state index contributed by atoms with van der Waals surface area (Å²) in [6.07, 6.45) is 6.89.